The number of rotatable bonds is 7. The van der Waals surface area contributed by atoms with Crippen LogP contribution in [0.1, 0.15) is 36.0 Å². The number of nitrogens with one attached hydrogen (secondary N) is 1. The van der Waals surface area contributed by atoms with E-state index in [0.29, 0.717) is 35.3 Å². The van der Waals surface area contributed by atoms with E-state index in [1.54, 1.807) is 30.3 Å². The summed E-state index contributed by atoms with van der Waals surface area (Å²) in [4.78, 5) is 13.2. The van der Waals surface area contributed by atoms with Gasteiger partial charge in [-0.1, -0.05) is 42.6 Å². The molecule has 35 heavy (non-hydrogen) atoms. The van der Waals surface area contributed by atoms with Crippen molar-refractivity contribution in [1.29, 1.82) is 0 Å². The molecule has 7 nitrogen and oxygen atoms in total. The number of anilines is 1. The molecule has 1 amide bonds. The third-order valence-electron chi connectivity index (χ3n) is 5.77. The number of sulfonamides is 1. The molecule has 0 unspecified atom stereocenters. The van der Waals surface area contributed by atoms with E-state index in [1.807, 2.05) is 18.2 Å². The van der Waals surface area contributed by atoms with Gasteiger partial charge in [0.15, 0.2) is 5.75 Å². The Hall–Kier alpha value is -3.07. The van der Waals surface area contributed by atoms with Crippen LogP contribution in [0.25, 0.3) is 0 Å². The fourth-order valence-corrected chi connectivity index (χ4v) is 5.81. The molecule has 3 aromatic carbocycles. The number of halogens is 1. The summed E-state index contributed by atoms with van der Waals surface area (Å²) < 4.78 is 39.6. The maximum Gasteiger partial charge on any atom is 0.255 e. The van der Waals surface area contributed by atoms with Crippen molar-refractivity contribution in [2.24, 2.45) is 0 Å². The number of amides is 1. The lowest BCUT2D eigenvalue weighted by Gasteiger charge is -2.21. The molecule has 4 rings (SSSR count). The summed E-state index contributed by atoms with van der Waals surface area (Å²) >= 11 is 6.17. The van der Waals surface area contributed by atoms with Crippen molar-refractivity contribution in [3.8, 4) is 17.2 Å². The Morgan fingerprint density at radius 2 is 1.60 bits per heavy atom. The van der Waals surface area contributed by atoms with Crippen molar-refractivity contribution >= 4 is 33.2 Å². The maximum absolute atomic E-state index is 13.4. The Morgan fingerprint density at radius 3 is 2.29 bits per heavy atom. The molecule has 0 radical (unpaired) electrons. The van der Waals surface area contributed by atoms with Crippen LogP contribution in [0.3, 0.4) is 0 Å². The second-order valence-electron chi connectivity index (χ2n) is 8.19. The van der Waals surface area contributed by atoms with Gasteiger partial charge in [0.2, 0.25) is 10.0 Å². The fourth-order valence-electron chi connectivity index (χ4n) is 3.94. The standard InChI is InChI=1S/C26H27ClN2O5S/c1-33-24-13-11-19(17-25(24)35(31,32)29-15-7-2-3-8-16-29)26(30)28-22-18-20(27)12-14-23(22)34-21-9-5-4-6-10-21/h4-6,9-14,17-18H,2-3,7-8,15-16H2,1H3,(H,28,30). The van der Waals surface area contributed by atoms with E-state index in [0.717, 1.165) is 25.7 Å². The number of carbonyl (C=O) groups excluding carboxylic acids is 1. The van der Waals surface area contributed by atoms with Crippen LogP contribution in [-0.2, 0) is 10.0 Å². The van der Waals surface area contributed by atoms with Crippen LogP contribution in [0.15, 0.2) is 71.6 Å². The minimum atomic E-state index is -3.83. The molecule has 3 aromatic rings. The van der Waals surface area contributed by atoms with Crippen LogP contribution in [0.5, 0.6) is 17.2 Å². The van der Waals surface area contributed by atoms with Crippen LogP contribution in [-0.4, -0.2) is 38.8 Å². The van der Waals surface area contributed by atoms with Gasteiger partial charge in [-0.15, -0.1) is 0 Å². The minimum absolute atomic E-state index is 0.0265. The first-order valence-electron chi connectivity index (χ1n) is 11.4. The van der Waals surface area contributed by atoms with Gasteiger partial charge in [0.25, 0.3) is 5.91 Å². The van der Waals surface area contributed by atoms with Crippen LogP contribution in [0.4, 0.5) is 5.69 Å². The van der Waals surface area contributed by atoms with E-state index in [2.05, 4.69) is 5.32 Å². The van der Waals surface area contributed by atoms with E-state index in [4.69, 9.17) is 21.1 Å². The second-order valence-corrected chi connectivity index (χ2v) is 10.5. The van der Waals surface area contributed by atoms with Gasteiger partial charge in [-0.25, -0.2) is 8.42 Å². The molecule has 0 spiro atoms. The summed E-state index contributed by atoms with van der Waals surface area (Å²) in [7, 11) is -2.42. The summed E-state index contributed by atoms with van der Waals surface area (Å²) in [5.74, 6) is 0.697. The number of para-hydroxylation sites is 1. The third kappa shape index (κ3) is 5.96. The quantitative estimate of drug-likeness (QED) is 0.420. The summed E-state index contributed by atoms with van der Waals surface area (Å²) in [6, 6.07) is 18.4. The summed E-state index contributed by atoms with van der Waals surface area (Å²) in [6.07, 6.45) is 3.61. The Kier molecular flexibility index (Phi) is 7.95. The first kappa shape index (κ1) is 25.0. The van der Waals surface area contributed by atoms with Gasteiger partial charge >= 0.3 is 0 Å². The zero-order chi connectivity index (χ0) is 24.8. The Bertz CT molecular complexity index is 1290. The van der Waals surface area contributed by atoms with Crippen molar-refractivity contribution in [2.75, 3.05) is 25.5 Å². The lowest BCUT2D eigenvalue weighted by Crippen LogP contribution is -2.32. The number of benzene rings is 3. The average molecular weight is 515 g/mol. The summed E-state index contributed by atoms with van der Waals surface area (Å²) in [5, 5.41) is 3.21. The minimum Gasteiger partial charge on any atom is -0.495 e. The normalized spacial score (nSPS) is 14.7. The van der Waals surface area contributed by atoms with Crippen molar-refractivity contribution in [3.63, 3.8) is 0 Å². The van der Waals surface area contributed by atoms with E-state index in [9.17, 15) is 13.2 Å². The van der Waals surface area contributed by atoms with Gasteiger partial charge in [0.05, 0.1) is 12.8 Å². The van der Waals surface area contributed by atoms with E-state index in [-0.39, 0.29) is 16.2 Å². The molecule has 184 valence electrons. The van der Waals surface area contributed by atoms with E-state index >= 15 is 0 Å². The molecule has 1 N–H and O–H groups in total. The Morgan fingerprint density at radius 1 is 0.914 bits per heavy atom. The van der Waals surface area contributed by atoms with Gasteiger partial charge in [-0.05, 0) is 61.4 Å². The molecule has 1 fully saturated rings. The Balaban J connectivity index is 1.63. The zero-order valence-corrected chi connectivity index (χ0v) is 20.9. The first-order chi connectivity index (χ1) is 16.9. The van der Waals surface area contributed by atoms with Gasteiger partial charge < -0.3 is 14.8 Å². The number of hydrogen-bond donors (Lipinski definition) is 1. The molecule has 0 bridgehead atoms. The molecular weight excluding hydrogens is 488 g/mol. The van der Waals surface area contributed by atoms with Crippen LogP contribution in [0, 0.1) is 0 Å². The van der Waals surface area contributed by atoms with Crippen LogP contribution in [0.2, 0.25) is 5.02 Å². The maximum atomic E-state index is 13.4. The van der Waals surface area contributed by atoms with E-state index < -0.39 is 15.9 Å². The van der Waals surface area contributed by atoms with Crippen molar-refractivity contribution in [2.45, 2.75) is 30.6 Å². The van der Waals surface area contributed by atoms with E-state index in [1.165, 1.54) is 29.6 Å². The van der Waals surface area contributed by atoms with Gasteiger partial charge in [-0.2, -0.15) is 4.31 Å². The molecule has 0 atom stereocenters. The Labute approximate surface area is 210 Å². The zero-order valence-electron chi connectivity index (χ0n) is 19.4. The largest absolute Gasteiger partial charge is 0.495 e. The monoisotopic (exact) mass is 514 g/mol. The highest BCUT2D eigenvalue weighted by atomic mass is 35.5. The fraction of sp³-hybridized carbons (Fsp3) is 0.269. The number of nitrogens with zero attached hydrogens (tertiary/aromatic N) is 1. The highest BCUT2D eigenvalue weighted by molar-refractivity contribution is 7.89. The average Bonchev–Trinajstić information content (AvgIpc) is 3.16. The molecule has 0 aliphatic carbocycles. The lowest BCUT2D eigenvalue weighted by molar-refractivity contribution is 0.102. The number of carbonyl (C=O) groups is 1. The highest BCUT2D eigenvalue weighted by Crippen LogP contribution is 2.33. The van der Waals surface area contributed by atoms with Gasteiger partial charge in [0, 0.05) is 23.7 Å². The molecule has 1 aliphatic heterocycles. The summed E-state index contributed by atoms with van der Waals surface area (Å²) in [6.45, 7) is 0.898. The van der Waals surface area contributed by atoms with Crippen molar-refractivity contribution < 1.29 is 22.7 Å². The molecule has 0 saturated carbocycles. The summed E-state index contributed by atoms with van der Waals surface area (Å²) in [5.41, 5.74) is 0.531. The molecule has 1 aliphatic rings. The molecular formula is C26H27ClN2O5S. The number of ether oxygens (including phenoxy) is 2. The smallest absolute Gasteiger partial charge is 0.255 e. The molecule has 1 saturated heterocycles. The van der Waals surface area contributed by atoms with Crippen LogP contribution < -0.4 is 14.8 Å². The van der Waals surface area contributed by atoms with Crippen molar-refractivity contribution in [1.82, 2.24) is 4.31 Å². The predicted molar refractivity (Wildman–Crippen MR) is 136 cm³/mol. The molecule has 0 aromatic heterocycles. The van der Waals surface area contributed by atoms with Crippen molar-refractivity contribution in [3.05, 3.63) is 77.3 Å². The van der Waals surface area contributed by atoms with Crippen LogP contribution >= 0.6 is 11.6 Å². The van der Waals surface area contributed by atoms with Gasteiger partial charge in [-0.3, -0.25) is 4.79 Å². The third-order valence-corrected chi connectivity index (χ3v) is 7.92. The number of methoxy groups -OCH3 is 1. The molecule has 9 heteroatoms. The lowest BCUT2D eigenvalue weighted by atomic mass is 10.2. The molecule has 1 heterocycles. The second kappa shape index (κ2) is 11.1. The predicted octanol–water partition coefficient (Wildman–Crippen LogP) is 5.96. The number of hydrogen-bond acceptors (Lipinski definition) is 5. The SMILES string of the molecule is COc1ccc(C(=O)Nc2cc(Cl)ccc2Oc2ccccc2)cc1S(=O)(=O)N1CCCCCC1. The first-order valence-corrected chi connectivity index (χ1v) is 13.2. The topological polar surface area (TPSA) is 84.9 Å². The highest BCUT2D eigenvalue weighted by Gasteiger charge is 2.29. The van der Waals surface area contributed by atoms with Gasteiger partial charge in [0.1, 0.15) is 16.4 Å².